The lowest BCUT2D eigenvalue weighted by atomic mass is 9.94. The van der Waals surface area contributed by atoms with Gasteiger partial charge in [0.25, 0.3) is 5.91 Å². The second-order valence-corrected chi connectivity index (χ2v) is 7.77. The van der Waals surface area contributed by atoms with E-state index in [1.807, 2.05) is 17.3 Å². The van der Waals surface area contributed by atoms with Gasteiger partial charge in [-0.05, 0) is 25.7 Å². The highest BCUT2D eigenvalue weighted by Crippen LogP contribution is 2.31. The predicted molar refractivity (Wildman–Crippen MR) is 94.2 cm³/mol. The van der Waals surface area contributed by atoms with Crippen LogP contribution in [0.2, 0.25) is 0 Å². The number of urea groups is 1. The summed E-state index contributed by atoms with van der Waals surface area (Å²) in [6.45, 7) is 1.34. The van der Waals surface area contributed by atoms with Crippen LogP contribution in [0, 0.1) is 0 Å². The van der Waals surface area contributed by atoms with E-state index >= 15 is 0 Å². The Bertz CT molecular complexity index is 589. The molecule has 2 aliphatic rings. The van der Waals surface area contributed by atoms with Crippen molar-refractivity contribution in [2.45, 2.75) is 56.9 Å². The molecular formula is C17H26N4O2S. The molecule has 0 bridgehead atoms. The topological polar surface area (TPSA) is 79.5 Å². The van der Waals surface area contributed by atoms with Gasteiger partial charge < -0.3 is 15.5 Å². The van der Waals surface area contributed by atoms with E-state index in [2.05, 4.69) is 4.98 Å². The van der Waals surface area contributed by atoms with Crippen molar-refractivity contribution in [3.63, 3.8) is 0 Å². The van der Waals surface area contributed by atoms with Crippen LogP contribution in [-0.2, 0) is 0 Å². The quantitative estimate of drug-likeness (QED) is 0.910. The monoisotopic (exact) mass is 350 g/mol. The SMILES string of the molecule is CN(C(=O)c1csc(C2CCN(C(N)=O)CC2)n1)C1CCCCC1. The lowest BCUT2D eigenvalue weighted by molar-refractivity contribution is 0.0691. The minimum atomic E-state index is -0.349. The molecule has 3 amide bonds. The molecule has 6 nitrogen and oxygen atoms in total. The average molecular weight is 350 g/mol. The Kier molecular flexibility index (Phi) is 5.38. The third-order valence-corrected chi connectivity index (χ3v) is 6.35. The normalized spacial score (nSPS) is 20.1. The largest absolute Gasteiger partial charge is 0.351 e. The molecule has 24 heavy (non-hydrogen) atoms. The van der Waals surface area contributed by atoms with E-state index < -0.39 is 0 Å². The fourth-order valence-electron chi connectivity index (χ4n) is 3.74. The maximum Gasteiger partial charge on any atom is 0.314 e. The molecule has 0 spiro atoms. The molecule has 1 aromatic heterocycles. The lowest BCUT2D eigenvalue weighted by Crippen LogP contribution is -2.41. The molecule has 0 atom stereocenters. The highest BCUT2D eigenvalue weighted by atomic mass is 32.1. The Labute approximate surface area is 147 Å². The number of carbonyl (C=O) groups is 2. The van der Waals surface area contributed by atoms with Crippen LogP contribution in [0.4, 0.5) is 4.79 Å². The van der Waals surface area contributed by atoms with Gasteiger partial charge in [0.2, 0.25) is 0 Å². The van der Waals surface area contributed by atoms with E-state index in [9.17, 15) is 9.59 Å². The molecular weight excluding hydrogens is 324 g/mol. The Morgan fingerprint density at radius 1 is 1.21 bits per heavy atom. The van der Waals surface area contributed by atoms with Gasteiger partial charge in [0, 0.05) is 37.5 Å². The molecule has 0 aromatic carbocycles. The maximum absolute atomic E-state index is 12.7. The first-order valence-corrected chi connectivity index (χ1v) is 9.71. The number of thiazole rings is 1. The number of nitrogens with two attached hydrogens (primary N) is 1. The molecule has 7 heteroatoms. The van der Waals surface area contributed by atoms with E-state index in [0.717, 1.165) is 30.7 Å². The van der Waals surface area contributed by atoms with Crippen molar-refractivity contribution in [1.29, 1.82) is 0 Å². The predicted octanol–water partition coefficient (Wildman–Crippen LogP) is 2.81. The van der Waals surface area contributed by atoms with Crippen molar-refractivity contribution >= 4 is 23.3 Å². The molecule has 0 unspecified atom stereocenters. The van der Waals surface area contributed by atoms with Gasteiger partial charge in [-0.3, -0.25) is 4.79 Å². The number of primary amides is 1. The Hall–Kier alpha value is -1.63. The summed E-state index contributed by atoms with van der Waals surface area (Å²) in [5, 5.41) is 2.90. The number of carbonyl (C=O) groups excluding carboxylic acids is 2. The van der Waals surface area contributed by atoms with Crippen molar-refractivity contribution in [2.75, 3.05) is 20.1 Å². The summed E-state index contributed by atoms with van der Waals surface area (Å²) in [6, 6.07) is 0.00719. The number of rotatable bonds is 3. The van der Waals surface area contributed by atoms with Crippen LogP contribution in [0.5, 0.6) is 0 Å². The highest BCUT2D eigenvalue weighted by Gasteiger charge is 2.28. The van der Waals surface area contributed by atoms with Gasteiger partial charge in [-0.15, -0.1) is 11.3 Å². The highest BCUT2D eigenvalue weighted by molar-refractivity contribution is 7.09. The van der Waals surface area contributed by atoms with Gasteiger partial charge >= 0.3 is 6.03 Å². The summed E-state index contributed by atoms with van der Waals surface area (Å²) in [6.07, 6.45) is 7.64. The van der Waals surface area contributed by atoms with Crippen LogP contribution >= 0.6 is 11.3 Å². The zero-order chi connectivity index (χ0) is 17.1. The minimum absolute atomic E-state index is 0.0407. The number of aromatic nitrogens is 1. The zero-order valence-electron chi connectivity index (χ0n) is 14.2. The standard InChI is InChI=1S/C17H26N4O2S/c1-20(13-5-3-2-4-6-13)16(22)14-11-24-15(19-14)12-7-9-21(10-8-12)17(18)23/h11-13H,2-10H2,1H3,(H2,18,23). The molecule has 1 aliphatic carbocycles. The Balaban J connectivity index is 1.60. The number of hydrogen-bond donors (Lipinski definition) is 1. The maximum atomic E-state index is 12.7. The van der Waals surface area contributed by atoms with Crippen LogP contribution in [0.25, 0.3) is 0 Å². The molecule has 1 aromatic rings. The van der Waals surface area contributed by atoms with Crippen molar-refractivity contribution < 1.29 is 9.59 Å². The van der Waals surface area contributed by atoms with E-state index in [-0.39, 0.29) is 11.9 Å². The molecule has 0 radical (unpaired) electrons. The molecule has 1 aliphatic heterocycles. The van der Waals surface area contributed by atoms with Crippen molar-refractivity contribution in [1.82, 2.24) is 14.8 Å². The molecule has 3 rings (SSSR count). The van der Waals surface area contributed by atoms with Crippen LogP contribution in [-0.4, -0.2) is 52.9 Å². The van der Waals surface area contributed by atoms with Gasteiger partial charge in [0.15, 0.2) is 0 Å². The Morgan fingerprint density at radius 2 is 1.88 bits per heavy atom. The van der Waals surface area contributed by atoms with Crippen LogP contribution < -0.4 is 5.73 Å². The molecule has 132 valence electrons. The summed E-state index contributed by atoms with van der Waals surface area (Å²) in [5.74, 6) is 0.367. The fourth-order valence-corrected chi connectivity index (χ4v) is 4.70. The van der Waals surface area contributed by atoms with Gasteiger partial charge in [-0.25, -0.2) is 9.78 Å². The van der Waals surface area contributed by atoms with Crippen LogP contribution in [0.3, 0.4) is 0 Å². The lowest BCUT2D eigenvalue weighted by Gasteiger charge is -2.31. The van der Waals surface area contributed by atoms with Crippen molar-refractivity contribution in [3.05, 3.63) is 16.1 Å². The van der Waals surface area contributed by atoms with Crippen molar-refractivity contribution in [3.8, 4) is 0 Å². The first-order valence-electron chi connectivity index (χ1n) is 8.83. The van der Waals surface area contributed by atoms with Gasteiger partial charge in [-0.1, -0.05) is 19.3 Å². The van der Waals surface area contributed by atoms with E-state index in [4.69, 9.17) is 5.73 Å². The molecule has 1 saturated carbocycles. The van der Waals surface area contributed by atoms with Crippen LogP contribution in [0.1, 0.15) is 66.4 Å². The van der Waals surface area contributed by atoms with Gasteiger partial charge in [0.05, 0.1) is 5.01 Å². The van der Waals surface area contributed by atoms with E-state index in [0.29, 0.717) is 30.7 Å². The number of nitrogens with zero attached hydrogens (tertiary/aromatic N) is 3. The molecule has 2 heterocycles. The second-order valence-electron chi connectivity index (χ2n) is 6.88. The smallest absolute Gasteiger partial charge is 0.314 e. The molecule has 1 saturated heterocycles. The third-order valence-electron chi connectivity index (χ3n) is 5.34. The minimum Gasteiger partial charge on any atom is -0.351 e. The number of amides is 3. The third kappa shape index (κ3) is 3.71. The van der Waals surface area contributed by atoms with Crippen molar-refractivity contribution in [2.24, 2.45) is 5.73 Å². The first kappa shape index (κ1) is 17.2. The first-order chi connectivity index (χ1) is 11.6. The number of hydrogen-bond acceptors (Lipinski definition) is 4. The van der Waals surface area contributed by atoms with E-state index in [1.54, 1.807) is 16.2 Å². The number of likely N-dealkylation sites (tertiary alicyclic amines) is 1. The average Bonchev–Trinajstić information content (AvgIpc) is 3.11. The summed E-state index contributed by atoms with van der Waals surface area (Å²) in [4.78, 5) is 32.1. The Morgan fingerprint density at radius 3 is 2.50 bits per heavy atom. The van der Waals surface area contributed by atoms with Crippen LogP contribution in [0.15, 0.2) is 5.38 Å². The summed E-state index contributed by atoms with van der Waals surface area (Å²) in [7, 11) is 1.91. The van der Waals surface area contributed by atoms with Gasteiger partial charge in [-0.2, -0.15) is 0 Å². The van der Waals surface area contributed by atoms with E-state index in [1.165, 1.54) is 19.3 Å². The fraction of sp³-hybridized carbons (Fsp3) is 0.706. The summed E-state index contributed by atoms with van der Waals surface area (Å²) in [5.41, 5.74) is 5.89. The molecule has 2 fully saturated rings. The van der Waals surface area contributed by atoms with Gasteiger partial charge in [0.1, 0.15) is 5.69 Å². The number of piperidine rings is 1. The zero-order valence-corrected chi connectivity index (χ0v) is 15.1. The summed E-state index contributed by atoms with van der Waals surface area (Å²) >= 11 is 1.56. The second kappa shape index (κ2) is 7.51. The molecule has 2 N–H and O–H groups in total. The summed E-state index contributed by atoms with van der Waals surface area (Å²) < 4.78 is 0.